The molecule has 0 saturated heterocycles. The van der Waals surface area contributed by atoms with Crippen molar-refractivity contribution in [3.63, 3.8) is 0 Å². The van der Waals surface area contributed by atoms with E-state index in [0.717, 1.165) is 0 Å². The second kappa shape index (κ2) is 6.17. The lowest BCUT2D eigenvalue weighted by atomic mass is 10.1. The van der Waals surface area contributed by atoms with Crippen LogP contribution in [0.3, 0.4) is 0 Å². The summed E-state index contributed by atoms with van der Waals surface area (Å²) < 4.78 is 40.8. The fourth-order valence-corrected chi connectivity index (χ4v) is 3.25. The molecular formula is C13H15FN4O2S. The molecule has 1 aromatic carbocycles. The number of nitrogen functional groups attached to an aromatic ring is 1. The van der Waals surface area contributed by atoms with Gasteiger partial charge in [0, 0.05) is 17.8 Å². The number of hydrazine groups is 1. The van der Waals surface area contributed by atoms with Gasteiger partial charge in [0.05, 0.1) is 0 Å². The van der Waals surface area contributed by atoms with Gasteiger partial charge in [-0.2, -0.15) is 0 Å². The highest BCUT2D eigenvalue weighted by Crippen LogP contribution is 2.22. The maximum Gasteiger partial charge on any atom is 0.244 e. The summed E-state index contributed by atoms with van der Waals surface area (Å²) in [6.45, 7) is 1.56. The average Bonchev–Trinajstić information content (AvgIpc) is 2.47. The van der Waals surface area contributed by atoms with Crippen molar-refractivity contribution in [1.29, 1.82) is 0 Å². The Morgan fingerprint density at radius 1 is 1.24 bits per heavy atom. The minimum Gasteiger partial charge on any atom is -0.307 e. The maximum absolute atomic E-state index is 13.7. The lowest BCUT2D eigenvalue weighted by Crippen LogP contribution is -2.29. The summed E-state index contributed by atoms with van der Waals surface area (Å²) in [5, 5.41) is 0. The van der Waals surface area contributed by atoms with E-state index in [-0.39, 0.29) is 16.3 Å². The molecule has 2 rings (SSSR count). The first-order valence-electron chi connectivity index (χ1n) is 6.14. The summed E-state index contributed by atoms with van der Waals surface area (Å²) in [4.78, 5) is 3.73. The Morgan fingerprint density at radius 3 is 2.62 bits per heavy atom. The van der Waals surface area contributed by atoms with E-state index in [1.807, 2.05) is 0 Å². The molecule has 0 spiro atoms. The topological polar surface area (TPSA) is 97.1 Å². The third-order valence-electron chi connectivity index (χ3n) is 2.90. The summed E-state index contributed by atoms with van der Waals surface area (Å²) >= 11 is 0. The van der Waals surface area contributed by atoms with E-state index in [1.165, 1.54) is 36.5 Å². The van der Waals surface area contributed by atoms with E-state index in [0.29, 0.717) is 0 Å². The molecule has 1 unspecified atom stereocenters. The summed E-state index contributed by atoms with van der Waals surface area (Å²) in [6.07, 6.45) is 1.41. The molecule has 0 radical (unpaired) electrons. The van der Waals surface area contributed by atoms with Crippen molar-refractivity contribution < 1.29 is 12.8 Å². The van der Waals surface area contributed by atoms with Gasteiger partial charge in [0.1, 0.15) is 10.7 Å². The second-order valence-corrected chi connectivity index (χ2v) is 6.04. The number of nitrogens with zero attached hydrogens (tertiary/aromatic N) is 1. The predicted octanol–water partition coefficient (Wildman–Crippen LogP) is 1.55. The van der Waals surface area contributed by atoms with Gasteiger partial charge in [0.25, 0.3) is 0 Å². The number of rotatable bonds is 5. The van der Waals surface area contributed by atoms with Crippen LogP contribution >= 0.6 is 0 Å². The van der Waals surface area contributed by atoms with Crippen molar-refractivity contribution in [2.24, 2.45) is 5.84 Å². The number of halogens is 1. The number of aromatic nitrogens is 1. The Morgan fingerprint density at radius 2 is 1.95 bits per heavy atom. The minimum absolute atomic E-state index is 0.0192. The Balaban J connectivity index is 2.32. The molecule has 0 aliphatic carbocycles. The van der Waals surface area contributed by atoms with Gasteiger partial charge in [0.2, 0.25) is 10.0 Å². The number of hydrogen-bond acceptors (Lipinski definition) is 5. The van der Waals surface area contributed by atoms with Crippen molar-refractivity contribution >= 4 is 15.8 Å². The number of nitrogens with one attached hydrogen (secondary N) is 2. The van der Waals surface area contributed by atoms with Crippen LogP contribution in [0.15, 0.2) is 47.5 Å². The quantitative estimate of drug-likeness (QED) is 0.575. The number of pyridine rings is 1. The molecule has 0 aliphatic heterocycles. The highest BCUT2D eigenvalue weighted by Gasteiger charge is 2.23. The lowest BCUT2D eigenvalue weighted by Gasteiger charge is -2.16. The Bertz CT molecular complexity index is 736. The van der Waals surface area contributed by atoms with Crippen LogP contribution in [-0.2, 0) is 10.0 Å². The first-order chi connectivity index (χ1) is 9.95. The van der Waals surface area contributed by atoms with Gasteiger partial charge < -0.3 is 5.43 Å². The molecule has 6 nitrogen and oxygen atoms in total. The fraction of sp³-hybridized carbons (Fsp3) is 0.154. The summed E-state index contributed by atoms with van der Waals surface area (Å²) in [6, 6.07) is 8.08. The molecular weight excluding hydrogens is 295 g/mol. The number of anilines is 1. The van der Waals surface area contributed by atoms with Gasteiger partial charge in [-0.3, -0.25) is 0 Å². The average molecular weight is 310 g/mol. The standard InChI is InChI=1S/C13H15FN4O2S/c1-9(10-5-2-3-6-11(10)14)18-21(19,20)12-7-4-8-16-13(12)17-15/h2-9,18H,15H2,1H3,(H,16,17). The maximum atomic E-state index is 13.7. The SMILES string of the molecule is CC(NS(=O)(=O)c1cccnc1NN)c1ccccc1F. The molecule has 1 aromatic heterocycles. The van der Waals surface area contributed by atoms with Crippen molar-refractivity contribution in [1.82, 2.24) is 9.71 Å². The smallest absolute Gasteiger partial charge is 0.244 e. The van der Waals surface area contributed by atoms with Crippen LogP contribution < -0.4 is 16.0 Å². The van der Waals surface area contributed by atoms with E-state index in [2.05, 4.69) is 15.1 Å². The van der Waals surface area contributed by atoms with Gasteiger partial charge >= 0.3 is 0 Å². The van der Waals surface area contributed by atoms with Crippen LogP contribution in [-0.4, -0.2) is 13.4 Å². The summed E-state index contributed by atoms with van der Waals surface area (Å²) in [7, 11) is -3.89. The monoisotopic (exact) mass is 310 g/mol. The molecule has 1 atom stereocenters. The van der Waals surface area contributed by atoms with Gasteiger partial charge in [-0.05, 0) is 25.1 Å². The van der Waals surface area contributed by atoms with E-state index in [4.69, 9.17) is 5.84 Å². The van der Waals surface area contributed by atoms with E-state index in [9.17, 15) is 12.8 Å². The normalized spacial score (nSPS) is 12.9. The van der Waals surface area contributed by atoms with Crippen LogP contribution in [0.2, 0.25) is 0 Å². The van der Waals surface area contributed by atoms with Gasteiger partial charge in [-0.1, -0.05) is 18.2 Å². The fourth-order valence-electron chi connectivity index (χ4n) is 1.90. The van der Waals surface area contributed by atoms with Gasteiger partial charge in [0.15, 0.2) is 5.82 Å². The molecule has 2 aromatic rings. The third-order valence-corrected chi connectivity index (χ3v) is 4.47. The zero-order valence-corrected chi connectivity index (χ0v) is 12.1. The number of benzene rings is 1. The number of nitrogens with two attached hydrogens (primary N) is 1. The van der Waals surface area contributed by atoms with Crippen molar-refractivity contribution in [3.8, 4) is 0 Å². The van der Waals surface area contributed by atoms with Crippen molar-refractivity contribution in [2.45, 2.75) is 17.9 Å². The van der Waals surface area contributed by atoms with Crippen LogP contribution in [0.1, 0.15) is 18.5 Å². The van der Waals surface area contributed by atoms with Crippen molar-refractivity contribution in [3.05, 3.63) is 54.0 Å². The molecule has 112 valence electrons. The molecule has 0 aliphatic rings. The molecule has 0 fully saturated rings. The predicted molar refractivity (Wildman–Crippen MR) is 77.2 cm³/mol. The van der Waals surface area contributed by atoms with Crippen LogP contribution in [0.4, 0.5) is 10.2 Å². The Kier molecular flexibility index (Phi) is 4.51. The highest BCUT2D eigenvalue weighted by atomic mass is 32.2. The van der Waals surface area contributed by atoms with E-state index < -0.39 is 21.9 Å². The second-order valence-electron chi connectivity index (χ2n) is 4.36. The molecule has 0 amide bonds. The van der Waals surface area contributed by atoms with Crippen LogP contribution in [0.25, 0.3) is 0 Å². The van der Waals surface area contributed by atoms with Crippen molar-refractivity contribution in [2.75, 3.05) is 5.43 Å². The largest absolute Gasteiger partial charge is 0.307 e. The molecule has 8 heteroatoms. The van der Waals surface area contributed by atoms with Crippen LogP contribution in [0, 0.1) is 5.82 Å². The van der Waals surface area contributed by atoms with E-state index >= 15 is 0 Å². The van der Waals surface area contributed by atoms with Crippen LogP contribution in [0.5, 0.6) is 0 Å². The Hall–Kier alpha value is -2.03. The molecule has 1 heterocycles. The highest BCUT2D eigenvalue weighted by molar-refractivity contribution is 7.89. The molecule has 0 saturated carbocycles. The number of sulfonamides is 1. The summed E-state index contributed by atoms with van der Waals surface area (Å²) in [5.41, 5.74) is 2.48. The summed E-state index contributed by atoms with van der Waals surface area (Å²) in [5.74, 6) is 4.79. The van der Waals surface area contributed by atoms with Gasteiger partial charge in [-0.25, -0.2) is 28.4 Å². The first-order valence-corrected chi connectivity index (χ1v) is 7.62. The number of hydrogen-bond donors (Lipinski definition) is 3. The zero-order valence-electron chi connectivity index (χ0n) is 11.2. The zero-order chi connectivity index (χ0) is 15.5. The molecule has 4 N–H and O–H groups in total. The lowest BCUT2D eigenvalue weighted by molar-refractivity contribution is 0.550. The molecule has 21 heavy (non-hydrogen) atoms. The Labute approximate surface area is 122 Å². The van der Waals surface area contributed by atoms with E-state index in [1.54, 1.807) is 13.0 Å². The first kappa shape index (κ1) is 15.4. The molecule has 0 bridgehead atoms. The minimum atomic E-state index is -3.89. The van der Waals surface area contributed by atoms with Gasteiger partial charge in [-0.15, -0.1) is 0 Å². The third kappa shape index (κ3) is 3.35.